The smallest absolute Gasteiger partial charge is 0.144 e. The van der Waals surface area contributed by atoms with E-state index in [1.54, 1.807) is 24.3 Å². The maximum Gasteiger partial charge on any atom is 0.144 e. The summed E-state index contributed by atoms with van der Waals surface area (Å²) in [5.74, 6) is 0.847. The number of benzene rings is 2. The van der Waals surface area contributed by atoms with Crippen molar-refractivity contribution in [1.82, 2.24) is 0 Å². The molecule has 5 nitrogen and oxygen atoms in total. The zero-order valence-electron chi connectivity index (χ0n) is 13.9. The van der Waals surface area contributed by atoms with E-state index < -0.39 is 6.10 Å². The van der Waals surface area contributed by atoms with Crippen molar-refractivity contribution in [2.45, 2.75) is 6.10 Å². The van der Waals surface area contributed by atoms with Crippen LogP contribution in [0.1, 0.15) is 17.2 Å². The second-order valence-corrected chi connectivity index (χ2v) is 6.09. The van der Waals surface area contributed by atoms with Gasteiger partial charge >= 0.3 is 0 Å². The second-order valence-electron chi connectivity index (χ2n) is 6.09. The fourth-order valence-electron chi connectivity index (χ4n) is 2.83. The second kappa shape index (κ2) is 6.81. The number of anilines is 2. The Labute approximate surface area is 142 Å². The van der Waals surface area contributed by atoms with E-state index in [1.807, 2.05) is 31.1 Å². The van der Waals surface area contributed by atoms with Gasteiger partial charge in [-0.3, -0.25) is 0 Å². The van der Waals surface area contributed by atoms with Crippen LogP contribution in [0.4, 0.5) is 11.4 Å². The molecule has 1 aliphatic heterocycles. The van der Waals surface area contributed by atoms with Gasteiger partial charge in [-0.25, -0.2) is 0 Å². The number of nitrogens with zero attached hydrogens (tertiary/aromatic N) is 3. The monoisotopic (exact) mass is 323 g/mol. The van der Waals surface area contributed by atoms with E-state index in [2.05, 4.69) is 17.0 Å². The lowest BCUT2D eigenvalue weighted by molar-refractivity contribution is 0.179. The molecule has 3 rings (SSSR count). The number of aliphatic hydroxyl groups is 1. The van der Waals surface area contributed by atoms with Gasteiger partial charge in [0.15, 0.2) is 0 Å². The highest BCUT2D eigenvalue weighted by atomic mass is 16.5. The Morgan fingerprint density at radius 3 is 2.67 bits per heavy atom. The molecule has 0 spiro atoms. The van der Waals surface area contributed by atoms with E-state index in [0.29, 0.717) is 18.7 Å². The molecule has 0 saturated heterocycles. The van der Waals surface area contributed by atoms with Crippen molar-refractivity contribution < 1.29 is 9.84 Å². The van der Waals surface area contributed by atoms with Gasteiger partial charge in [0.2, 0.25) is 0 Å². The number of aliphatic hydroxyl groups excluding tert-OH is 1. The molecule has 0 aliphatic carbocycles. The molecule has 2 aromatic carbocycles. The van der Waals surface area contributed by atoms with E-state index >= 15 is 0 Å². The summed E-state index contributed by atoms with van der Waals surface area (Å²) in [6.45, 7) is 1.83. The zero-order valence-corrected chi connectivity index (χ0v) is 13.9. The number of nitriles is 1. The highest BCUT2D eigenvalue weighted by Gasteiger charge is 2.21. The van der Waals surface area contributed by atoms with Crippen molar-refractivity contribution in [3.63, 3.8) is 0 Å². The van der Waals surface area contributed by atoms with Gasteiger partial charge in [0.25, 0.3) is 0 Å². The van der Waals surface area contributed by atoms with Gasteiger partial charge in [0.1, 0.15) is 12.4 Å². The number of hydrogen-bond acceptors (Lipinski definition) is 5. The van der Waals surface area contributed by atoms with Crippen LogP contribution in [-0.2, 0) is 0 Å². The van der Waals surface area contributed by atoms with Crippen molar-refractivity contribution in [2.75, 3.05) is 43.6 Å². The molecule has 5 heteroatoms. The van der Waals surface area contributed by atoms with Crippen LogP contribution in [0.25, 0.3) is 0 Å². The number of ether oxygens (including phenoxy) is 1. The number of rotatable bonds is 4. The van der Waals surface area contributed by atoms with Crippen LogP contribution in [0.3, 0.4) is 0 Å². The average Bonchev–Trinajstić information content (AvgIpc) is 2.61. The van der Waals surface area contributed by atoms with Gasteiger partial charge in [-0.15, -0.1) is 0 Å². The van der Waals surface area contributed by atoms with E-state index in [1.165, 1.54) is 0 Å². The largest absolute Gasteiger partial charge is 0.489 e. The first-order valence-corrected chi connectivity index (χ1v) is 7.96. The summed E-state index contributed by atoms with van der Waals surface area (Å²) in [5.41, 5.74) is 3.49. The Bertz CT molecular complexity index is 750. The molecule has 1 unspecified atom stereocenters. The van der Waals surface area contributed by atoms with E-state index in [9.17, 15) is 5.11 Å². The Morgan fingerprint density at radius 2 is 2.00 bits per heavy atom. The molecule has 0 saturated carbocycles. The summed E-state index contributed by atoms with van der Waals surface area (Å²) in [6, 6.07) is 15.3. The Balaban J connectivity index is 1.78. The van der Waals surface area contributed by atoms with Crippen LogP contribution < -0.4 is 14.5 Å². The molecule has 1 N–H and O–H groups in total. The summed E-state index contributed by atoms with van der Waals surface area (Å²) in [5, 5.41) is 19.4. The summed E-state index contributed by atoms with van der Waals surface area (Å²) < 4.78 is 5.78. The fraction of sp³-hybridized carbons (Fsp3) is 0.316. The predicted octanol–water partition coefficient (Wildman–Crippen LogP) is 2.56. The third kappa shape index (κ3) is 3.29. The molecule has 0 amide bonds. The average molecular weight is 323 g/mol. The quantitative estimate of drug-likeness (QED) is 0.937. The minimum atomic E-state index is -0.614. The lowest BCUT2D eigenvalue weighted by atomic mass is 10.1. The standard InChI is InChI=1S/C19H21N3O2/c1-21(2)16-7-8-17-19(11-16)24-10-9-22(17)13-18(23)15-5-3-14(12-20)4-6-15/h3-8,11,18,23H,9-10,13H2,1-2H3. The van der Waals surface area contributed by atoms with Gasteiger partial charge < -0.3 is 19.6 Å². The number of hydrogen-bond donors (Lipinski definition) is 1. The Morgan fingerprint density at radius 1 is 1.25 bits per heavy atom. The lowest BCUT2D eigenvalue weighted by Crippen LogP contribution is -2.36. The van der Waals surface area contributed by atoms with Gasteiger partial charge in [-0.1, -0.05) is 12.1 Å². The van der Waals surface area contributed by atoms with Gasteiger partial charge in [-0.2, -0.15) is 5.26 Å². The van der Waals surface area contributed by atoms with Crippen molar-refractivity contribution in [1.29, 1.82) is 5.26 Å². The summed E-state index contributed by atoms with van der Waals surface area (Å²) in [7, 11) is 3.99. The highest BCUT2D eigenvalue weighted by molar-refractivity contribution is 5.66. The maximum absolute atomic E-state index is 10.5. The Hall–Kier alpha value is -2.71. The van der Waals surface area contributed by atoms with Crippen molar-refractivity contribution in [3.8, 4) is 11.8 Å². The summed E-state index contributed by atoms with van der Waals surface area (Å²) >= 11 is 0. The first kappa shape index (κ1) is 16.2. The van der Waals surface area contributed by atoms with E-state index in [0.717, 1.165) is 29.2 Å². The number of fused-ring (bicyclic) bond motifs is 1. The molecule has 1 aliphatic rings. The van der Waals surface area contributed by atoms with Crippen LogP contribution in [0, 0.1) is 11.3 Å². The highest BCUT2D eigenvalue weighted by Crippen LogP contribution is 2.35. The normalized spacial score (nSPS) is 14.3. The van der Waals surface area contributed by atoms with Crippen LogP contribution in [0.2, 0.25) is 0 Å². The maximum atomic E-state index is 10.5. The molecule has 0 aromatic heterocycles. The van der Waals surface area contributed by atoms with Crippen LogP contribution in [0.5, 0.6) is 5.75 Å². The van der Waals surface area contributed by atoms with Gasteiger partial charge in [0, 0.05) is 32.4 Å². The third-order valence-corrected chi connectivity index (χ3v) is 4.24. The minimum absolute atomic E-state index is 0.490. The van der Waals surface area contributed by atoms with Crippen molar-refractivity contribution in [3.05, 3.63) is 53.6 Å². The first-order chi connectivity index (χ1) is 11.6. The summed E-state index contributed by atoms with van der Waals surface area (Å²) in [6.07, 6.45) is -0.614. The molecule has 124 valence electrons. The fourth-order valence-corrected chi connectivity index (χ4v) is 2.83. The van der Waals surface area contributed by atoms with E-state index in [-0.39, 0.29) is 0 Å². The molecule has 0 fully saturated rings. The summed E-state index contributed by atoms with van der Waals surface area (Å²) in [4.78, 5) is 4.18. The molecule has 1 heterocycles. The first-order valence-electron chi connectivity index (χ1n) is 7.96. The minimum Gasteiger partial charge on any atom is -0.489 e. The molecular weight excluding hydrogens is 302 g/mol. The van der Waals surface area contributed by atoms with Crippen molar-refractivity contribution >= 4 is 11.4 Å². The SMILES string of the molecule is CN(C)c1ccc2c(c1)OCCN2CC(O)c1ccc(C#N)cc1. The topological polar surface area (TPSA) is 59.7 Å². The molecule has 1 atom stereocenters. The lowest BCUT2D eigenvalue weighted by Gasteiger charge is -2.33. The van der Waals surface area contributed by atoms with Crippen LogP contribution in [0.15, 0.2) is 42.5 Å². The van der Waals surface area contributed by atoms with Gasteiger partial charge in [-0.05, 0) is 29.8 Å². The zero-order chi connectivity index (χ0) is 17.1. The molecule has 2 aromatic rings. The van der Waals surface area contributed by atoms with Gasteiger partial charge in [0.05, 0.1) is 30.0 Å². The van der Waals surface area contributed by atoms with E-state index in [4.69, 9.17) is 10.00 Å². The molecular formula is C19H21N3O2. The van der Waals surface area contributed by atoms with Crippen LogP contribution >= 0.6 is 0 Å². The molecule has 0 radical (unpaired) electrons. The number of β-amino-alcohol motifs (C(OH)–C–C–N with tert-alkyl or cyclic N) is 1. The molecule has 0 bridgehead atoms. The van der Waals surface area contributed by atoms with Crippen molar-refractivity contribution in [2.24, 2.45) is 0 Å². The van der Waals surface area contributed by atoms with Crippen LogP contribution in [-0.4, -0.2) is 38.9 Å². The Kier molecular flexibility index (Phi) is 4.59. The third-order valence-electron chi connectivity index (χ3n) is 4.24. The molecule has 24 heavy (non-hydrogen) atoms. The predicted molar refractivity (Wildman–Crippen MR) is 94.6 cm³/mol.